The largest absolute Gasteiger partial charge is 0.462 e. The molecule has 112 valence electrons. The fourth-order valence-corrected chi connectivity index (χ4v) is 4.11. The van der Waals surface area contributed by atoms with Gasteiger partial charge in [0, 0.05) is 12.3 Å². The zero-order valence-electron chi connectivity index (χ0n) is 12.7. The van der Waals surface area contributed by atoms with E-state index in [9.17, 15) is 9.90 Å². The molecule has 20 heavy (non-hydrogen) atoms. The van der Waals surface area contributed by atoms with Crippen molar-refractivity contribution in [2.24, 2.45) is 17.3 Å². The van der Waals surface area contributed by atoms with Gasteiger partial charge in [0.05, 0.1) is 6.61 Å². The highest BCUT2D eigenvalue weighted by atomic mass is 16.5. The summed E-state index contributed by atoms with van der Waals surface area (Å²) >= 11 is 0. The lowest BCUT2D eigenvalue weighted by Gasteiger charge is -2.53. The Hall–Kier alpha value is -1.09. The number of aliphatic hydroxyl groups is 1. The summed E-state index contributed by atoms with van der Waals surface area (Å²) in [4.78, 5) is 11.4. The number of aliphatic hydroxyl groups excluding tert-OH is 1. The molecule has 0 spiro atoms. The summed E-state index contributed by atoms with van der Waals surface area (Å²) in [7, 11) is 0. The van der Waals surface area contributed by atoms with Gasteiger partial charge in [0.25, 0.3) is 0 Å². The van der Waals surface area contributed by atoms with Crippen molar-refractivity contribution in [3.8, 4) is 0 Å². The SMILES string of the molecule is C=C(C)[C@@H]1CC[C@]2(CO)[C@@H](OC(C)=O)CCC(=C)[C@H]2C1. The summed E-state index contributed by atoms with van der Waals surface area (Å²) in [6, 6.07) is 0. The molecule has 0 radical (unpaired) electrons. The maximum absolute atomic E-state index is 11.4. The van der Waals surface area contributed by atoms with Gasteiger partial charge < -0.3 is 9.84 Å². The van der Waals surface area contributed by atoms with E-state index < -0.39 is 0 Å². The molecular formula is C17H26O3. The Morgan fingerprint density at radius 3 is 2.70 bits per heavy atom. The van der Waals surface area contributed by atoms with Crippen LogP contribution in [0.5, 0.6) is 0 Å². The standard InChI is InChI=1S/C17H26O3/c1-11(2)14-7-8-17(10-18)15(9-14)12(3)5-6-16(17)20-13(4)19/h14-16,18H,1,3,5-10H2,2,4H3/t14-,15-,16+,17-/m1/s1. The molecule has 2 rings (SSSR count). The summed E-state index contributed by atoms with van der Waals surface area (Å²) in [5.41, 5.74) is 2.08. The van der Waals surface area contributed by atoms with Crippen LogP contribution in [0.25, 0.3) is 0 Å². The minimum Gasteiger partial charge on any atom is -0.462 e. The Morgan fingerprint density at radius 1 is 1.45 bits per heavy atom. The lowest BCUT2D eigenvalue weighted by atomic mass is 9.54. The van der Waals surface area contributed by atoms with Crippen LogP contribution in [0, 0.1) is 17.3 Å². The first kappa shape index (κ1) is 15.3. The van der Waals surface area contributed by atoms with Crippen LogP contribution in [0.2, 0.25) is 0 Å². The number of carbonyl (C=O) groups excluding carboxylic acids is 1. The number of allylic oxidation sites excluding steroid dienone is 2. The first-order valence-corrected chi connectivity index (χ1v) is 7.52. The Labute approximate surface area is 121 Å². The van der Waals surface area contributed by atoms with Gasteiger partial charge in [0.2, 0.25) is 0 Å². The highest BCUT2D eigenvalue weighted by Crippen LogP contribution is 2.55. The molecule has 0 amide bonds. The predicted molar refractivity (Wildman–Crippen MR) is 79.1 cm³/mol. The molecule has 0 aromatic carbocycles. The molecule has 2 saturated carbocycles. The van der Waals surface area contributed by atoms with Gasteiger partial charge in [0.15, 0.2) is 0 Å². The first-order chi connectivity index (χ1) is 9.40. The molecular weight excluding hydrogens is 252 g/mol. The Balaban J connectivity index is 2.28. The molecule has 0 saturated heterocycles. The Kier molecular flexibility index (Phi) is 4.38. The number of carbonyl (C=O) groups is 1. The van der Waals surface area contributed by atoms with Crippen molar-refractivity contribution in [3.63, 3.8) is 0 Å². The molecule has 0 aliphatic heterocycles. The molecule has 3 nitrogen and oxygen atoms in total. The Morgan fingerprint density at radius 2 is 2.15 bits per heavy atom. The molecule has 0 aromatic heterocycles. The van der Waals surface area contributed by atoms with E-state index in [1.165, 1.54) is 18.1 Å². The number of hydrogen-bond donors (Lipinski definition) is 1. The van der Waals surface area contributed by atoms with Crippen molar-refractivity contribution in [2.75, 3.05) is 6.61 Å². The zero-order valence-corrected chi connectivity index (χ0v) is 12.7. The fourth-order valence-electron chi connectivity index (χ4n) is 4.11. The number of rotatable bonds is 3. The molecule has 0 unspecified atom stereocenters. The predicted octanol–water partition coefficient (Wildman–Crippen LogP) is 3.24. The maximum Gasteiger partial charge on any atom is 0.302 e. The van der Waals surface area contributed by atoms with Crippen LogP contribution < -0.4 is 0 Å². The topological polar surface area (TPSA) is 46.5 Å². The first-order valence-electron chi connectivity index (χ1n) is 7.52. The monoisotopic (exact) mass is 278 g/mol. The second-order valence-electron chi connectivity index (χ2n) is 6.56. The number of fused-ring (bicyclic) bond motifs is 1. The number of hydrogen-bond acceptors (Lipinski definition) is 3. The molecule has 2 aliphatic rings. The highest BCUT2D eigenvalue weighted by molar-refractivity contribution is 5.66. The average Bonchev–Trinajstić information content (AvgIpc) is 2.41. The van der Waals surface area contributed by atoms with Gasteiger partial charge in [-0.15, -0.1) is 0 Å². The van der Waals surface area contributed by atoms with E-state index in [2.05, 4.69) is 20.1 Å². The van der Waals surface area contributed by atoms with E-state index in [1.807, 2.05) is 0 Å². The third-order valence-electron chi connectivity index (χ3n) is 5.33. The maximum atomic E-state index is 11.4. The van der Waals surface area contributed by atoms with E-state index in [-0.39, 0.29) is 30.0 Å². The van der Waals surface area contributed by atoms with Crippen molar-refractivity contribution in [2.45, 2.75) is 52.1 Å². The van der Waals surface area contributed by atoms with Crippen molar-refractivity contribution in [1.82, 2.24) is 0 Å². The third kappa shape index (κ3) is 2.56. The van der Waals surface area contributed by atoms with Crippen LogP contribution in [-0.4, -0.2) is 23.8 Å². The van der Waals surface area contributed by atoms with Gasteiger partial charge >= 0.3 is 5.97 Å². The van der Waals surface area contributed by atoms with E-state index in [1.54, 1.807) is 0 Å². The third-order valence-corrected chi connectivity index (χ3v) is 5.33. The molecule has 4 atom stereocenters. The fraction of sp³-hybridized carbons (Fsp3) is 0.706. The van der Waals surface area contributed by atoms with Crippen LogP contribution in [0.1, 0.15) is 46.0 Å². The Bertz CT molecular complexity index is 426. The zero-order chi connectivity index (χ0) is 14.9. The van der Waals surface area contributed by atoms with Gasteiger partial charge in [-0.2, -0.15) is 0 Å². The van der Waals surface area contributed by atoms with Crippen LogP contribution in [0.15, 0.2) is 24.3 Å². The molecule has 2 fully saturated rings. The van der Waals surface area contributed by atoms with Gasteiger partial charge in [-0.3, -0.25) is 4.79 Å². The minimum atomic E-state index is -0.326. The molecule has 0 bridgehead atoms. The second kappa shape index (κ2) is 5.72. The number of esters is 1. The van der Waals surface area contributed by atoms with Crippen LogP contribution in [0.3, 0.4) is 0 Å². The lowest BCUT2D eigenvalue weighted by Crippen LogP contribution is -2.53. The van der Waals surface area contributed by atoms with Gasteiger partial charge in [-0.1, -0.05) is 24.3 Å². The number of ether oxygens (including phenoxy) is 1. The summed E-state index contributed by atoms with van der Waals surface area (Å²) in [5, 5.41) is 10.0. The molecule has 1 N–H and O–H groups in total. The van der Waals surface area contributed by atoms with Crippen molar-refractivity contribution in [1.29, 1.82) is 0 Å². The van der Waals surface area contributed by atoms with E-state index >= 15 is 0 Å². The van der Waals surface area contributed by atoms with Gasteiger partial charge in [0.1, 0.15) is 6.10 Å². The van der Waals surface area contributed by atoms with E-state index in [4.69, 9.17) is 4.74 Å². The van der Waals surface area contributed by atoms with Crippen LogP contribution in [-0.2, 0) is 9.53 Å². The molecule has 0 aromatic rings. The molecule has 3 heteroatoms. The summed E-state index contributed by atoms with van der Waals surface area (Å²) < 4.78 is 5.54. The smallest absolute Gasteiger partial charge is 0.302 e. The average molecular weight is 278 g/mol. The normalized spacial score (nSPS) is 37.1. The highest BCUT2D eigenvalue weighted by Gasteiger charge is 2.53. The minimum absolute atomic E-state index is 0.0670. The summed E-state index contributed by atoms with van der Waals surface area (Å²) in [6.07, 6.45) is 4.36. The van der Waals surface area contributed by atoms with Crippen molar-refractivity contribution < 1.29 is 14.6 Å². The molecule has 2 aliphatic carbocycles. The quantitative estimate of drug-likeness (QED) is 0.637. The van der Waals surface area contributed by atoms with E-state index in [0.29, 0.717) is 5.92 Å². The van der Waals surface area contributed by atoms with Crippen molar-refractivity contribution in [3.05, 3.63) is 24.3 Å². The second-order valence-corrected chi connectivity index (χ2v) is 6.56. The molecule has 0 heterocycles. The lowest BCUT2D eigenvalue weighted by molar-refractivity contribution is -0.167. The van der Waals surface area contributed by atoms with Gasteiger partial charge in [-0.25, -0.2) is 0 Å². The van der Waals surface area contributed by atoms with E-state index in [0.717, 1.165) is 32.1 Å². The van der Waals surface area contributed by atoms with Gasteiger partial charge in [-0.05, 0) is 50.9 Å². The van der Waals surface area contributed by atoms with Crippen molar-refractivity contribution >= 4 is 5.97 Å². The van der Waals surface area contributed by atoms with Crippen LogP contribution >= 0.6 is 0 Å². The summed E-state index contributed by atoms with van der Waals surface area (Å²) in [5.74, 6) is 0.477. The summed E-state index contributed by atoms with van der Waals surface area (Å²) in [6.45, 7) is 11.9. The van der Waals surface area contributed by atoms with Crippen LogP contribution in [0.4, 0.5) is 0 Å².